The maximum atomic E-state index is 12.4. The Bertz CT molecular complexity index is 974. The van der Waals surface area contributed by atoms with Gasteiger partial charge in [0, 0.05) is 23.3 Å². The molecule has 1 atom stereocenters. The normalized spacial score (nSPS) is 15.5. The molecule has 0 fully saturated rings. The van der Waals surface area contributed by atoms with E-state index in [0.29, 0.717) is 17.6 Å². The van der Waals surface area contributed by atoms with E-state index in [9.17, 15) is 4.79 Å². The number of hydrogen-bond acceptors (Lipinski definition) is 4. The van der Waals surface area contributed by atoms with Crippen LogP contribution in [0.2, 0.25) is 5.02 Å². The fourth-order valence-electron chi connectivity index (χ4n) is 3.39. The van der Waals surface area contributed by atoms with E-state index < -0.39 is 0 Å². The number of para-hydroxylation sites is 1. The number of nitrogens with one attached hydrogen (secondary N) is 1. The van der Waals surface area contributed by atoms with E-state index in [4.69, 9.17) is 11.6 Å². The van der Waals surface area contributed by atoms with Crippen molar-refractivity contribution in [2.45, 2.75) is 25.9 Å². The summed E-state index contributed by atoms with van der Waals surface area (Å²) in [4.78, 5) is 23.3. The number of aromatic nitrogens is 2. The van der Waals surface area contributed by atoms with E-state index in [1.54, 1.807) is 12.3 Å². The minimum atomic E-state index is -0.274. The molecule has 0 spiro atoms. The Morgan fingerprint density at radius 2 is 1.93 bits per heavy atom. The van der Waals surface area contributed by atoms with Crippen molar-refractivity contribution >= 4 is 29.0 Å². The number of amides is 1. The summed E-state index contributed by atoms with van der Waals surface area (Å²) in [6, 6.07) is 16.0. The molecule has 1 N–H and O–H groups in total. The molecule has 1 amide bonds. The van der Waals surface area contributed by atoms with Crippen molar-refractivity contribution in [3.8, 4) is 0 Å². The number of benzene rings is 2. The standard InChI is InChI=1S/C21H19ClN4O/c1-14-10-15-6-3-5-9-19(15)26(14)20-13-23-18(12-24-20)21(27)25-11-16-7-2-4-8-17(16)22/h2-9,12-14H,10-11H2,1H3,(H,25,27). The predicted molar refractivity (Wildman–Crippen MR) is 106 cm³/mol. The molecule has 1 aromatic heterocycles. The molecule has 0 radical (unpaired) electrons. The van der Waals surface area contributed by atoms with E-state index in [-0.39, 0.29) is 11.6 Å². The molecular formula is C21H19ClN4O. The Balaban J connectivity index is 1.48. The molecule has 4 rings (SSSR count). The van der Waals surface area contributed by atoms with Crippen LogP contribution in [0.1, 0.15) is 28.5 Å². The summed E-state index contributed by atoms with van der Waals surface area (Å²) >= 11 is 6.12. The van der Waals surface area contributed by atoms with Gasteiger partial charge in [-0.15, -0.1) is 0 Å². The Morgan fingerprint density at radius 1 is 1.15 bits per heavy atom. The summed E-state index contributed by atoms with van der Waals surface area (Å²) in [6.45, 7) is 2.50. The summed E-state index contributed by atoms with van der Waals surface area (Å²) in [5, 5.41) is 3.46. The molecule has 0 bridgehead atoms. The molecule has 1 aliphatic heterocycles. The zero-order valence-corrected chi connectivity index (χ0v) is 15.6. The van der Waals surface area contributed by atoms with Crippen LogP contribution >= 0.6 is 11.6 Å². The zero-order chi connectivity index (χ0) is 18.8. The van der Waals surface area contributed by atoms with E-state index in [1.165, 1.54) is 11.8 Å². The maximum Gasteiger partial charge on any atom is 0.271 e. The fourth-order valence-corrected chi connectivity index (χ4v) is 3.59. The number of carbonyl (C=O) groups excluding carboxylic acids is 1. The maximum absolute atomic E-state index is 12.4. The van der Waals surface area contributed by atoms with Gasteiger partial charge >= 0.3 is 0 Å². The van der Waals surface area contributed by atoms with Crippen LogP contribution in [0.3, 0.4) is 0 Å². The lowest BCUT2D eigenvalue weighted by Gasteiger charge is -2.23. The van der Waals surface area contributed by atoms with Crippen molar-refractivity contribution in [2.24, 2.45) is 0 Å². The van der Waals surface area contributed by atoms with Crippen molar-refractivity contribution in [1.29, 1.82) is 0 Å². The first-order valence-corrected chi connectivity index (χ1v) is 9.22. The van der Waals surface area contributed by atoms with Crippen LogP contribution in [0.25, 0.3) is 0 Å². The van der Waals surface area contributed by atoms with Crippen LogP contribution in [0.5, 0.6) is 0 Å². The summed E-state index contributed by atoms with van der Waals surface area (Å²) in [7, 11) is 0. The highest BCUT2D eigenvalue weighted by molar-refractivity contribution is 6.31. The highest BCUT2D eigenvalue weighted by atomic mass is 35.5. The Morgan fingerprint density at radius 3 is 2.70 bits per heavy atom. The first kappa shape index (κ1) is 17.5. The number of carbonyl (C=O) groups is 1. The predicted octanol–water partition coefficient (Wildman–Crippen LogP) is 4.14. The van der Waals surface area contributed by atoms with Crippen molar-refractivity contribution in [3.63, 3.8) is 0 Å². The molecule has 1 unspecified atom stereocenters. The molecule has 3 aromatic rings. The van der Waals surface area contributed by atoms with Crippen LogP contribution in [-0.4, -0.2) is 21.9 Å². The van der Waals surface area contributed by atoms with Gasteiger partial charge < -0.3 is 10.2 Å². The number of halogens is 1. The topological polar surface area (TPSA) is 58.1 Å². The van der Waals surface area contributed by atoms with Gasteiger partial charge in [-0.05, 0) is 36.6 Å². The molecule has 1 aliphatic rings. The van der Waals surface area contributed by atoms with E-state index in [0.717, 1.165) is 23.5 Å². The molecule has 27 heavy (non-hydrogen) atoms. The second-order valence-corrected chi connectivity index (χ2v) is 6.99. The van der Waals surface area contributed by atoms with Crippen LogP contribution in [0.15, 0.2) is 60.9 Å². The average molecular weight is 379 g/mol. The Hall–Kier alpha value is -2.92. The van der Waals surface area contributed by atoms with Crippen molar-refractivity contribution < 1.29 is 4.79 Å². The Kier molecular flexibility index (Phi) is 4.77. The third-order valence-electron chi connectivity index (χ3n) is 4.72. The highest BCUT2D eigenvalue weighted by Crippen LogP contribution is 2.36. The second-order valence-electron chi connectivity index (χ2n) is 6.59. The third kappa shape index (κ3) is 3.51. The van der Waals surface area contributed by atoms with Gasteiger partial charge in [0.05, 0.1) is 12.4 Å². The van der Waals surface area contributed by atoms with Crippen molar-refractivity contribution in [1.82, 2.24) is 15.3 Å². The fraction of sp³-hybridized carbons (Fsp3) is 0.190. The van der Waals surface area contributed by atoms with Gasteiger partial charge in [-0.2, -0.15) is 0 Å². The van der Waals surface area contributed by atoms with Crippen molar-refractivity contribution in [3.05, 3.63) is 82.8 Å². The SMILES string of the molecule is CC1Cc2ccccc2N1c1cnc(C(=O)NCc2ccccc2Cl)cn1. The third-order valence-corrected chi connectivity index (χ3v) is 5.09. The van der Waals surface area contributed by atoms with Gasteiger partial charge in [0.25, 0.3) is 5.91 Å². The molecule has 0 aliphatic carbocycles. The summed E-state index contributed by atoms with van der Waals surface area (Å²) in [5.74, 6) is 0.471. The van der Waals surface area contributed by atoms with E-state index in [2.05, 4.69) is 39.2 Å². The van der Waals surface area contributed by atoms with Gasteiger partial charge in [-0.1, -0.05) is 48.0 Å². The largest absolute Gasteiger partial charge is 0.347 e. The molecular weight excluding hydrogens is 360 g/mol. The lowest BCUT2D eigenvalue weighted by atomic mass is 10.1. The molecule has 2 aromatic carbocycles. The van der Waals surface area contributed by atoms with Crippen LogP contribution < -0.4 is 10.2 Å². The molecule has 0 saturated carbocycles. The zero-order valence-electron chi connectivity index (χ0n) is 14.9. The van der Waals surface area contributed by atoms with Gasteiger partial charge in [0.1, 0.15) is 5.69 Å². The first-order valence-electron chi connectivity index (χ1n) is 8.84. The smallest absolute Gasteiger partial charge is 0.271 e. The summed E-state index contributed by atoms with van der Waals surface area (Å²) in [5.41, 5.74) is 3.59. The molecule has 0 saturated heterocycles. The summed E-state index contributed by atoms with van der Waals surface area (Å²) < 4.78 is 0. The number of nitrogens with zero attached hydrogens (tertiary/aromatic N) is 3. The molecule has 136 valence electrons. The number of anilines is 2. The number of hydrogen-bond donors (Lipinski definition) is 1. The van der Waals surface area contributed by atoms with Gasteiger partial charge in [-0.25, -0.2) is 9.97 Å². The monoisotopic (exact) mass is 378 g/mol. The quantitative estimate of drug-likeness (QED) is 0.741. The van der Waals surface area contributed by atoms with Gasteiger partial charge in [-0.3, -0.25) is 4.79 Å². The van der Waals surface area contributed by atoms with Crippen molar-refractivity contribution in [2.75, 3.05) is 4.90 Å². The van der Waals surface area contributed by atoms with E-state index >= 15 is 0 Å². The molecule has 6 heteroatoms. The van der Waals surface area contributed by atoms with E-state index in [1.807, 2.05) is 30.3 Å². The Labute approximate surface area is 163 Å². The van der Waals surface area contributed by atoms with Crippen LogP contribution in [0.4, 0.5) is 11.5 Å². The minimum absolute atomic E-state index is 0.274. The summed E-state index contributed by atoms with van der Waals surface area (Å²) in [6.07, 6.45) is 4.14. The van der Waals surface area contributed by atoms with Gasteiger partial charge in [0.15, 0.2) is 5.82 Å². The lowest BCUT2D eigenvalue weighted by Crippen LogP contribution is -2.27. The van der Waals surface area contributed by atoms with Crippen LogP contribution in [0, 0.1) is 0 Å². The second kappa shape index (κ2) is 7.37. The number of fused-ring (bicyclic) bond motifs is 1. The molecule has 5 nitrogen and oxygen atoms in total. The number of rotatable bonds is 4. The minimum Gasteiger partial charge on any atom is -0.347 e. The molecule has 2 heterocycles. The first-order chi connectivity index (χ1) is 13.1. The van der Waals surface area contributed by atoms with Gasteiger partial charge in [0.2, 0.25) is 0 Å². The van der Waals surface area contributed by atoms with Crippen LogP contribution in [-0.2, 0) is 13.0 Å². The average Bonchev–Trinajstić information content (AvgIpc) is 3.03. The highest BCUT2D eigenvalue weighted by Gasteiger charge is 2.27. The lowest BCUT2D eigenvalue weighted by molar-refractivity contribution is 0.0945.